The molecule has 1 aromatic carbocycles. The number of carbonyl (C=O) groups is 3. The molecule has 170 valence electrons. The van der Waals surface area contributed by atoms with E-state index in [1.807, 2.05) is 19.9 Å². The predicted octanol–water partition coefficient (Wildman–Crippen LogP) is 3.44. The quantitative estimate of drug-likeness (QED) is 0.488. The van der Waals surface area contributed by atoms with Crippen molar-refractivity contribution in [1.29, 1.82) is 0 Å². The standard InChI is InChI=1S/C23H28N4O5/c1-12(2)24-23(31)32-14-7-6-13(8-14)19-10-21(27-26-19)25-22(30)17-9-16(17)15-4-3-5-20(29)18(15)11-28/h3-5,10-14,16-17,29H,6-9H2,1-2H3,(H,24,31)(H2,25,26,27,30)/t13-,14+,16-,17+/m0/s1. The van der Waals surface area contributed by atoms with Gasteiger partial charge in [0.15, 0.2) is 12.1 Å². The number of carbonyl (C=O) groups excluding carboxylic acids is 3. The van der Waals surface area contributed by atoms with Crippen LogP contribution in [0.25, 0.3) is 0 Å². The molecule has 2 fully saturated rings. The highest BCUT2D eigenvalue weighted by atomic mass is 16.6. The van der Waals surface area contributed by atoms with Crippen LogP contribution in [0, 0.1) is 5.92 Å². The lowest BCUT2D eigenvalue weighted by molar-refractivity contribution is -0.117. The number of aromatic nitrogens is 2. The average Bonchev–Trinajstić information content (AvgIpc) is 3.17. The lowest BCUT2D eigenvalue weighted by atomic mass is 10.0. The first-order chi connectivity index (χ1) is 15.4. The average molecular weight is 441 g/mol. The topological polar surface area (TPSA) is 133 Å². The third-order valence-electron chi connectivity index (χ3n) is 6.11. The second-order valence-electron chi connectivity index (χ2n) is 8.88. The first-order valence-corrected chi connectivity index (χ1v) is 11.0. The number of hydrogen-bond donors (Lipinski definition) is 4. The van der Waals surface area contributed by atoms with Crippen molar-refractivity contribution in [2.24, 2.45) is 5.92 Å². The Morgan fingerprint density at radius 2 is 2.09 bits per heavy atom. The van der Waals surface area contributed by atoms with Crippen LogP contribution in [0.3, 0.4) is 0 Å². The summed E-state index contributed by atoms with van der Waals surface area (Å²) in [6.07, 6.45) is 3.07. The monoisotopic (exact) mass is 440 g/mol. The minimum atomic E-state index is -0.397. The van der Waals surface area contributed by atoms with Crippen LogP contribution in [0.1, 0.15) is 73.0 Å². The Hall–Kier alpha value is -3.36. The van der Waals surface area contributed by atoms with Crippen LogP contribution in [0.15, 0.2) is 24.3 Å². The lowest BCUT2D eigenvalue weighted by Gasteiger charge is -2.14. The van der Waals surface area contributed by atoms with Crippen molar-refractivity contribution in [3.8, 4) is 5.75 Å². The highest BCUT2D eigenvalue weighted by molar-refractivity contribution is 5.95. The van der Waals surface area contributed by atoms with Gasteiger partial charge in [0.1, 0.15) is 11.9 Å². The van der Waals surface area contributed by atoms with Crippen molar-refractivity contribution in [1.82, 2.24) is 15.5 Å². The van der Waals surface area contributed by atoms with E-state index in [0.29, 0.717) is 30.5 Å². The van der Waals surface area contributed by atoms with Gasteiger partial charge in [-0.05, 0) is 57.1 Å². The number of nitrogens with one attached hydrogen (secondary N) is 3. The first-order valence-electron chi connectivity index (χ1n) is 11.0. The second-order valence-corrected chi connectivity index (χ2v) is 8.88. The van der Waals surface area contributed by atoms with Crippen LogP contribution in [0.2, 0.25) is 0 Å². The van der Waals surface area contributed by atoms with Crippen LogP contribution in [-0.2, 0) is 9.53 Å². The van der Waals surface area contributed by atoms with Crippen LogP contribution >= 0.6 is 0 Å². The van der Waals surface area contributed by atoms with Crippen LogP contribution in [0.5, 0.6) is 5.75 Å². The third-order valence-corrected chi connectivity index (χ3v) is 6.11. The summed E-state index contributed by atoms with van der Waals surface area (Å²) in [7, 11) is 0. The molecule has 2 saturated carbocycles. The summed E-state index contributed by atoms with van der Waals surface area (Å²) in [6.45, 7) is 3.77. The van der Waals surface area contributed by atoms with Gasteiger partial charge >= 0.3 is 6.09 Å². The van der Waals surface area contributed by atoms with Gasteiger partial charge in [-0.15, -0.1) is 0 Å². The van der Waals surface area contributed by atoms with Gasteiger partial charge in [-0.3, -0.25) is 14.7 Å². The minimum absolute atomic E-state index is 0.0298. The van der Waals surface area contributed by atoms with Crippen molar-refractivity contribution in [2.45, 2.75) is 63.5 Å². The van der Waals surface area contributed by atoms with Crippen LogP contribution in [0.4, 0.5) is 10.6 Å². The van der Waals surface area contributed by atoms with Gasteiger partial charge in [0.25, 0.3) is 0 Å². The molecule has 2 aliphatic rings. The third kappa shape index (κ3) is 4.76. The molecule has 2 aromatic rings. The summed E-state index contributed by atoms with van der Waals surface area (Å²) in [6, 6.07) is 6.76. The van der Waals surface area contributed by atoms with E-state index in [9.17, 15) is 19.5 Å². The Morgan fingerprint density at radius 1 is 1.28 bits per heavy atom. The molecule has 0 spiro atoms. The Kier molecular flexibility index (Phi) is 6.16. The fraction of sp³-hybridized carbons (Fsp3) is 0.478. The number of aldehydes is 1. The summed E-state index contributed by atoms with van der Waals surface area (Å²) in [5, 5.41) is 22.6. The Balaban J connectivity index is 1.31. The lowest BCUT2D eigenvalue weighted by Crippen LogP contribution is -2.33. The van der Waals surface area contributed by atoms with Crippen LogP contribution < -0.4 is 10.6 Å². The van der Waals surface area contributed by atoms with Crippen LogP contribution in [-0.4, -0.2) is 45.7 Å². The fourth-order valence-corrected chi connectivity index (χ4v) is 4.43. The Labute approximate surface area is 185 Å². The number of nitrogens with zero attached hydrogens (tertiary/aromatic N) is 1. The molecule has 4 N–H and O–H groups in total. The first kappa shape index (κ1) is 21.9. The Morgan fingerprint density at radius 3 is 2.84 bits per heavy atom. The van der Waals surface area contributed by atoms with Gasteiger partial charge in [0.05, 0.1) is 5.56 Å². The van der Waals surface area contributed by atoms with E-state index in [2.05, 4.69) is 20.8 Å². The number of hydrogen-bond acceptors (Lipinski definition) is 6. The Bertz CT molecular complexity index is 1020. The molecule has 4 rings (SSSR count). The molecule has 4 atom stereocenters. The van der Waals surface area contributed by atoms with Crippen molar-refractivity contribution in [3.63, 3.8) is 0 Å². The molecule has 2 aliphatic carbocycles. The zero-order chi connectivity index (χ0) is 22.8. The molecule has 0 saturated heterocycles. The maximum Gasteiger partial charge on any atom is 0.407 e. The molecule has 1 heterocycles. The molecule has 0 bridgehead atoms. The zero-order valence-corrected chi connectivity index (χ0v) is 18.1. The van der Waals surface area contributed by atoms with Crippen molar-refractivity contribution in [2.75, 3.05) is 5.32 Å². The smallest absolute Gasteiger partial charge is 0.407 e. The number of amides is 2. The molecular weight excluding hydrogens is 412 g/mol. The van der Waals surface area contributed by atoms with E-state index in [1.54, 1.807) is 12.1 Å². The van der Waals surface area contributed by atoms with Crippen molar-refractivity contribution in [3.05, 3.63) is 41.1 Å². The molecule has 0 radical (unpaired) electrons. The number of aromatic amines is 1. The van der Waals surface area contributed by atoms with E-state index < -0.39 is 6.09 Å². The van der Waals surface area contributed by atoms with Gasteiger partial charge in [-0.2, -0.15) is 5.10 Å². The van der Waals surface area contributed by atoms with Crippen molar-refractivity contribution < 1.29 is 24.2 Å². The number of aromatic hydroxyl groups is 1. The largest absolute Gasteiger partial charge is 0.507 e. The molecule has 0 unspecified atom stereocenters. The number of ether oxygens (including phenoxy) is 1. The summed E-state index contributed by atoms with van der Waals surface area (Å²) in [4.78, 5) is 35.8. The normalized spacial score (nSPS) is 24.2. The summed E-state index contributed by atoms with van der Waals surface area (Å²) in [5.74, 6) is 0.0438. The maximum absolute atomic E-state index is 12.7. The van der Waals surface area contributed by atoms with Crippen molar-refractivity contribution >= 4 is 24.1 Å². The molecule has 0 aliphatic heterocycles. The SMILES string of the molecule is CC(C)NC(=O)O[C@@H]1CC[C@H](c2cc(NC(=O)[C@@H]3C[C@H]3c3cccc(O)c3C=O)n[nH]2)C1. The van der Waals surface area contributed by atoms with Gasteiger partial charge < -0.3 is 20.5 Å². The van der Waals surface area contributed by atoms with Gasteiger partial charge in [0.2, 0.25) is 5.91 Å². The molecule has 9 heteroatoms. The van der Waals surface area contributed by atoms with E-state index in [1.165, 1.54) is 6.07 Å². The molecule has 32 heavy (non-hydrogen) atoms. The number of H-pyrrole nitrogens is 1. The summed E-state index contributed by atoms with van der Waals surface area (Å²) < 4.78 is 5.47. The number of phenolic OH excluding ortho intramolecular Hbond substituents is 1. The highest BCUT2D eigenvalue weighted by Gasteiger charge is 2.45. The predicted molar refractivity (Wildman–Crippen MR) is 117 cm³/mol. The summed E-state index contributed by atoms with van der Waals surface area (Å²) in [5.41, 5.74) is 1.84. The molecular formula is C23H28N4O5. The second kappa shape index (κ2) is 9.02. The van der Waals surface area contributed by atoms with Gasteiger partial charge in [-0.25, -0.2) is 4.79 Å². The van der Waals surface area contributed by atoms with Gasteiger partial charge in [0, 0.05) is 29.6 Å². The zero-order valence-electron chi connectivity index (χ0n) is 18.1. The van der Waals surface area contributed by atoms with E-state index >= 15 is 0 Å². The molecule has 9 nitrogen and oxygen atoms in total. The van der Waals surface area contributed by atoms with E-state index in [-0.39, 0.29) is 47.1 Å². The number of alkyl carbamates (subject to hydrolysis) is 1. The summed E-state index contributed by atoms with van der Waals surface area (Å²) >= 11 is 0. The van der Waals surface area contributed by atoms with Gasteiger partial charge in [-0.1, -0.05) is 12.1 Å². The fourth-order valence-electron chi connectivity index (χ4n) is 4.43. The molecule has 2 amide bonds. The molecule has 1 aromatic heterocycles. The minimum Gasteiger partial charge on any atom is -0.507 e. The number of rotatable bonds is 7. The highest BCUT2D eigenvalue weighted by Crippen LogP contribution is 2.49. The number of benzene rings is 1. The maximum atomic E-state index is 12.7. The number of anilines is 1. The number of phenols is 1. The van der Waals surface area contributed by atoms with E-state index in [4.69, 9.17) is 4.74 Å². The van der Waals surface area contributed by atoms with E-state index in [0.717, 1.165) is 18.5 Å².